The molecule has 146 valence electrons. The van der Waals surface area contributed by atoms with Crippen molar-refractivity contribution in [3.05, 3.63) is 47.8 Å². The number of aromatic nitrogens is 2. The first-order valence-corrected chi connectivity index (χ1v) is 9.54. The first-order valence-electron chi connectivity index (χ1n) is 9.54. The van der Waals surface area contributed by atoms with Crippen LogP contribution in [0.15, 0.2) is 36.4 Å². The topological polar surface area (TPSA) is 79.2 Å². The number of allylic oxidation sites excluding steroid dienone is 2. The number of hydrogen-bond acceptors (Lipinski definition) is 4. The lowest BCUT2D eigenvalue weighted by Crippen LogP contribution is -2.27. The highest BCUT2D eigenvalue weighted by Gasteiger charge is 2.10. The van der Waals surface area contributed by atoms with Crippen molar-refractivity contribution in [3.8, 4) is 0 Å². The number of hydrogen-bond donors (Lipinski definition) is 3. The molecule has 0 aliphatic rings. The van der Waals surface area contributed by atoms with Gasteiger partial charge in [0.05, 0.1) is 11.0 Å². The Bertz CT molecular complexity index is 806. The van der Waals surface area contributed by atoms with Gasteiger partial charge < -0.3 is 9.88 Å². The van der Waals surface area contributed by atoms with Crippen molar-refractivity contribution in [1.29, 1.82) is 0 Å². The maximum Gasteiger partial charge on any atom is 0.267 e. The smallest absolute Gasteiger partial charge is 0.267 e. The number of amides is 1. The molecule has 0 radical (unpaired) electrons. The SMILES string of the molecule is CCC=CCCc1nc2cc(/C=C/C(=O)NO)ccc2n1CCNC(C)C. The Labute approximate surface area is 160 Å². The molecule has 0 atom stereocenters. The third-order valence-corrected chi connectivity index (χ3v) is 4.21. The minimum atomic E-state index is -0.552. The zero-order valence-electron chi connectivity index (χ0n) is 16.4. The average Bonchev–Trinajstić information content (AvgIpc) is 2.99. The van der Waals surface area contributed by atoms with Crippen LogP contribution in [0, 0.1) is 0 Å². The molecule has 2 rings (SSSR count). The van der Waals surface area contributed by atoms with Gasteiger partial charge in [-0.1, -0.05) is 39.0 Å². The average molecular weight is 370 g/mol. The van der Waals surface area contributed by atoms with Gasteiger partial charge in [-0.25, -0.2) is 10.5 Å². The molecule has 1 amide bonds. The molecular formula is C21H30N4O2. The van der Waals surface area contributed by atoms with Crippen LogP contribution in [0.3, 0.4) is 0 Å². The summed E-state index contributed by atoms with van der Waals surface area (Å²) in [5.41, 5.74) is 4.47. The number of fused-ring (bicyclic) bond motifs is 1. The quantitative estimate of drug-likeness (QED) is 0.259. The van der Waals surface area contributed by atoms with E-state index in [1.54, 1.807) is 11.6 Å². The third kappa shape index (κ3) is 6.34. The van der Waals surface area contributed by atoms with Gasteiger partial charge in [0.1, 0.15) is 5.82 Å². The molecule has 3 N–H and O–H groups in total. The molecule has 0 aliphatic carbocycles. The van der Waals surface area contributed by atoms with Crippen LogP contribution in [0.5, 0.6) is 0 Å². The Kier molecular flexibility index (Phi) is 8.23. The second kappa shape index (κ2) is 10.6. The standard InChI is InChI=1S/C21H30N4O2/c1-4-5-6-7-8-20-23-18-15-17(10-12-21(26)24-27)9-11-19(18)25(20)14-13-22-16(2)3/h5-6,9-12,15-16,22,27H,4,7-8,13-14H2,1-3H3,(H,24,26)/b6-5?,12-10+. The van der Waals surface area contributed by atoms with E-state index in [0.29, 0.717) is 6.04 Å². The molecule has 0 bridgehead atoms. The Morgan fingerprint density at radius 1 is 1.33 bits per heavy atom. The van der Waals surface area contributed by atoms with Gasteiger partial charge in [0.2, 0.25) is 0 Å². The van der Waals surface area contributed by atoms with E-state index in [0.717, 1.165) is 54.8 Å². The first kappa shape index (κ1) is 20.9. The lowest BCUT2D eigenvalue weighted by atomic mass is 10.2. The number of hydroxylamine groups is 1. The van der Waals surface area contributed by atoms with E-state index in [1.165, 1.54) is 6.08 Å². The third-order valence-electron chi connectivity index (χ3n) is 4.21. The number of rotatable bonds is 10. The van der Waals surface area contributed by atoms with Crippen LogP contribution < -0.4 is 10.8 Å². The molecule has 1 heterocycles. The number of nitrogens with one attached hydrogen (secondary N) is 2. The molecule has 1 aromatic heterocycles. The minimum Gasteiger partial charge on any atom is -0.327 e. The van der Waals surface area contributed by atoms with Crippen molar-refractivity contribution in [2.45, 2.75) is 52.6 Å². The Hall–Kier alpha value is -2.44. The Morgan fingerprint density at radius 2 is 2.15 bits per heavy atom. The van der Waals surface area contributed by atoms with Crippen molar-refractivity contribution in [3.63, 3.8) is 0 Å². The number of carbonyl (C=O) groups excluding carboxylic acids is 1. The van der Waals surface area contributed by atoms with E-state index in [4.69, 9.17) is 10.2 Å². The summed E-state index contributed by atoms with van der Waals surface area (Å²) >= 11 is 0. The maximum atomic E-state index is 11.2. The van der Waals surface area contributed by atoms with Crippen LogP contribution in [0.1, 0.15) is 45.0 Å². The molecule has 0 unspecified atom stereocenters. The Morgan fingerprint density at radius 3 is 2.85 bits per heavy atom. The summed E-state index contributed by atoms with van der Waals surface area (Å²) in [6.45, 7) is 8.17. The van der Waals surface area contributed by atoms with Gasteiger partial charge >= 0.3 is 0 Å². The zero-order chi connectivity index (χ0) is 19.6. The summed E-state index contributed by atoms with van der Waals surface area (Å²) in [4.78, 5) is 16.0. The van der Waals surface area contributed by atoms with Crippen molar-refractivity contribution in [2.75, 3.05) is 6.54 Å². The number of benzene rings is 1. The zero-order valence-corrected chi connectivity index (χ0v) is 16.4. The second-order valence-corrected chi connectivity index (χ2v) is 6.76. The van der Waals surface area contributed by atoms with E-state index in [1.807, 2.05) is 18.2 Å². The fourth-order valence-corrected chi connectivity index (χ4v) is 2.91. The van der Waals surface area contributed by atoms with Crippen LogP contribution in [-0.4, -0.2) is 33.3 Å². The van der Waals surface area contributed by atoms with Gasteiger partial charge in [-0.15, -0.1) is 0 Å². The molecule has 1 aromatic carbocycles. The van der Waals surface area contributed by atoms with Gasteiger partial charge in [-0.3, -0.25) is 10.0 Å². The molecule has 0 aliphatic heterocycles. The fourth-order valence-electron chi connectivity index (χ4n) is 2.91. The first-order chi connectivity index (χ1) is 13.0. The lowest BCUT2D eigenvalue weighted by molar-refractivity contribution is -0.124. The van der Waals surface area contributed by atoms with Gasteiger partial charge in [-0.05, 0) is 36.6 Å². The summed E-state index contributed by atoms with van der Waals surface area (Å²) in [6.07, 6.45) is 10.3. The molecule has 0 fully saturated rings. The van der Waals surface area contributed by atoms with Crippen molar-refractivity contribution in [1.82, 2.24) is 20.3 Å². The van der Waals surface area contributed by atoms with E-state index in [-0.39, 0.29) is 0 Å². The van der Waals surface area contributed by atoms with Crippen LogP contribution in [0.2, 0.25) is 0 Å². The van der Waals surface area contributed by atoms with E-state index >= 15 is 0 Å². The fraction of sp³-hybridized carbons (Fsp3) is 0.429. The van der Waals surface area contributed by atoms with Crippen molar-refractivity contribution < 1.29 is 10.0 Å². The lowest BCUT2D eigenvalue weighted by Gasteiger charge is -2.12. The van der Waals surface area contributed by atoms with E-state index in [2.05, 4.69) is 42.8 Å². The minimum absolute atomic E-state index is 0.449. The largest absolute Gasteiger partial charge is 0.327 e. The van der Waals surface area contributed by atoms with Crippen LogP contribution in [0.4, 0.5) is 0 Å². The highest BCUT2D eigenvalue weighted by atomic mass is 16.5. The number of nitrogens with zero attached hydrogens (tertiary/aromatic N) is 2. The van der Waals surface area contributed by atoms with Crippen molar-refractivity contribution >= 4 is 23.0 Å². The molecule has 6 heteroatoms. The number of carbonyl (C=O) groups is 1. The van der Waals surface area contributed by atoms with E-state index in [9.17, 15) is 4.79 Å². The Balaban J connectivity index is 2.27. The molecule has 0 saturated carbocycles. The highest BCUT2D eigenvalue weighted by Crippen LogP contribution is 2.20. The normalized spacial score (nSPS) is 12.0. The molecule has 2 aromatic rings. The van der Waals surface area contributed by atoms with Crippen molar-refractivity contribution in [2.24, 2.45) is 0 Å². The summed E-state index contributed by atoms with van der Waals surface area (Å²) < 4.78 is 2.28. The summed E-state index contributed by atoms with van der Waals surface area (Å²) in [5.74, 6) is 0.523. The van der Waals surface area contributed by atoms with Gasteiger partial charge in [0, 0.05) is 31.6 Å². The maximum absolute atomic E-state index is 11.2. The molecule has 27 heavy (non-hydrogen) atoms. The van der Waals surface area contributed by atoms with E-state index < -0.39 is 5.91 Å². The van der Waals surface area contributed by atoms with Crippen LogP contribution in [0.25, 0.3) is 17.1 Å². The molecule has 0 saturated heterocycles. The summed E-state index contributed by atoms with van der Waals surface area (Å²) in [6, 6.07) is 6.41. The monoisotopic (exact) mass is 370 g/mol. The molecular weight excluding hydrogens is 340 g/mol. The summed E-state index contributed by atoms with van der Waals surface area (Å²) in [7, 11) is 0. The van der Waals surface area contributed by atoms with Gasteiger partial charge in [0.25, 0.3) is 5.91 Å². The van der Waals surface area contributed by atoms with Gasteiger partial charge in [-0.2, -0.15) is 0 Å². The predicted molar refractivity (Wildman–Crippen MR) is 110 cm³/mol. The van der Waals surface area contributed by atoms with Crippen LogP contribution >= 0.6 is 0 Å². The number of imidazole rings is 1. The summed E-state index contributed by atoms with van der Waals surface area (Å²) in [5, 5.41) is 12.0. The molecule has 6 nitrogen and oxygen atoms in total. The molecule has 0 spiro atoms. The van der Waals surface area contributed by atoms with Crippen LogP contribution in [-0.2, 0) is 17.8 Å². The second-order valence-electron chi connectivity index (χ2n) is 6.76. The number of aryl methyl sites for hydroxylation is 1. The predicted octanol–water partition coefficient (Wildman–Crippen LogP) is 3.45. The van der Waals surface area contributed by atoms with Gasteiger partial charge in [0.15, 0.2) is 0 Å². The highest BCUT2D eigenvalue weighted by molar-refractivity contribution is 5.91.